The van der Waals surface area contributed by atoms with Gasteiger partial charge in [-0.2, -0.15) is 0 Å². The van der Waals surface area contributed by atoms with Gasteiger partial charge in [-0.3, -0.25) is 0 Å². The van der Waals surface area contributed by atoms with E-state index in [0.717, 1.165) is 58.5 Å². The molecule has 0 N–H and O–H groups in total. The number of sulfonamides is 1. The molecule has 0 bridgehead atoms. The zero-order chi connectivity index (χ0) is 19.1. The number of hydrogen-bond acceptors (Lipinski definition) is 5. The van der Waals surface area contributed by atoms with Gasteiger partial charge in [-0.05, 0) is 66.2 Å². The normalized spacial score (nSPS) is 16.6. The molecule has 2 aromatic heterocycles. The fourth-order valence-corrected chi connectivity index (χ4v) is 4.22. The highest BCUT2D eigenvalue weighted by Gasteiger charge is 2.24. The molecule has 1 fully saturated rings. The molecule has 3 heterocycles. The second-order valence-electron chi connectivity index (χ2n) is 7.15. The Labute approximate surface area is 163 Å². The number of halogens is 1. The van der Waals surface area contributed by atoms with Crippen molar-refractivity contribution in [3.05, 3.63) is 27.9 Å². The summed E-state index contributed by atoms with van der Waals surface area (Å²) in [5, 5.41) is 1.07. The largest absolute Gasteiger partial charge is 0.357 e. The first-order valence-corrected chi connectivity index (χ1v) is 11.4. The summed E-state index contributed by atoms with van der Waals surface area (Å²) in [4.78, 5) is 11.7. The third-order valence-electron chi connectivity index (χ3n) is 5.20. The van der Waals surface area contributed by atoms with Crippen molar-refractivity contribution in [2.75, 3.05) is 37.8 Å². The molecule has 1 saturated heterocycles. The molecule has 1 aliphatic heterocycles. The predicted octanol–water partition coefficient (Wildman–Crippen LogP) is 3.12. The Bertz CT molecular complexity index is 924. The number of rotatable bonds is 4. The van der Waals surface area contributed by atoms with E-state index in [-0.39, 0.29) is 0 Å². The summed E-state index contributed by atoms with van der Waals surface area (Å²) in [7, 11) is -1.45. The van der Waals surface area contributed by atoms with E-state index in [1.165, 1.54) is 10.6 Å². The Morgan fingerprint density at radius 3 is 2.50 bits per heavy atom. The minimum atomic E-state index is -3.11. The lowest BCUT2D eigenvalue weighted by molar-refractivity contribution is 0.328. The number of aryl methyl sites for hydroxylation is 2. The van der Waals surface area contributed by atoms with Gasteiger partial charge in [0.2, 0.25) is 10.0 Å². The molecule has 0 aliphatic carbocycles. The van der Waals surface area contributed by atoms with Crippen molar-refractivity contribution < 1.29 is 8.42 Å². The topological polar surface area (TPSA) is 66.4 Å². The minimum Gasteiger partial charge on any atom is -0.357 e. The van der Waals surface area contributed by atoms with Gasteiger partial charge in [0.05, 0.1) is 11.9 Å². The summed E-state index contributed by atoms with van der Waals surface area (Å²) in [6.07, 6.45) is 3.19. The SMILES string of the molecule is Cc1nc2nc(N3CCC(CN(C)S(C)(=O)=O)CC3)ccc2c(C)c1Br. The maximum Gasteiger partial charge on any atom is 0.210 e. The number of aromatic nitrogens is 2. The quantitative estimate of drug-likeness (QED) is 0.730. The number of hydrogen-bond donors (Lipinski definition) is 0. The van der Waals surface area contributed by atoms with Crippen LogP contribution in [0.5, 0.6) is 0 Å². The number of fused-ring (bicyclic) bond motifs is 1. The van der Waals surface area contributed by atoms with Gasteiger partial charge >= 0.3 is 0 Å². The molecule has 3 rings (SSSR count). The molecule has 0 spiro atoms. The highest BCUT2D eigenvalue weighted by atomic mass is 79.9. The Hall–Kier alpha value is -1.25. The van der Waals surface area contributed by atoms with E-state index in [4.69, 9.17) is 4.98 Å². The lowest BCUT2D eigenvalue weighted by Gasteiger charge is -2.34. The van der Waals surface area contributed by atoms with Crippen LogP contribution in [0, 0.1) is 19.8 Å². The lowest BCUT2D eigenvalue weighted by atomic mass is 9.97. The van der Waals surface area contributed by atoms with Crippen LogP contribution in [-0.4, -0.2) is 55.6 Å². The summed E-state index contributed by atoms with van der Waals surface area (Å²) >= 11 is 3.59. The first kappa shape index (κ1) is 19.5. The minimum absolute atomic E-state index is 0.394. The van der Waals surface area contributed by atoms with Gasteiger partial charge in [0, 0.05) is 36.5 Å². The molecule has 0 saturated carbocycles. The summed E-state index contributed by atoms with van der Waals surface area (Å²) in [5.74, 6) is 1.34. The van der Waals surface area contributed by atoms with Crippen molar-refractivity contribution >= 4 is 42.8 Å². The molecule has 8 heteroatoms. The molecule has 0 unspecified atom stereocenters. The molecule has 1 aliphatic rings. The van der Waals surface area contributed by atoms with E-state index in [1.807, 2.05) is 6.92 Å². The van der Waals surface area contributed by atoms with E-state index in [0.29, 0.717) is 12.5 Å². The predicted molar refractivity (Wildman–Crippen MR) is 109 cm³/mol. The highest BCUT2D eigenvalue weighted by molar-refractivity contribution is 9.10. The third kappa shape index (κ3) is 4.02. The number of nitrogens with zero attached hydrogens (tertiary/aromatic N) is 4. The van der Waals surface area contributed by atoms with Crippen LogP contribution < -0.4 is 4.90 Å². The fourth-order valence-electron chi connectivity index (χ4n) is 3.43. The zero-order valence-electron chi connectivity index (χ0n) is 15.7. The highest BCUT2D eigenvalue weighted by Crippen LogP contribution is 2.29. The van der Waals surface area contributed by atoms with Crippen LogP contribution in [0.3, 0.4) is 0 Å². The van der Waals surface area contributed by atoms with Crippen LogP contribution in [0.1, 0.15) is 24.1 Å². The van der Waals surface area contributed by atoms with Gasteiger partial charge in [-0.15, -0.1) is 0 Å². The van der Waals surface area contributed by atoms with Crippen LogP contribution in [0.4, 0.5) is 5.82 Å². The van der Waals surface area contributed by atoms with Crippen molar-refractivity contribution in [3.8, 4) is 0 Å². The van der Waals surface area contributed by atoms with E-state index in [9.17, 15) is 8.42 Å². The number of anilines is 1. The first-order chi connectivity index (χ1) is 12.2. The average Bonchev–Trinajstić information content (AvgIpc) is 2.59. The Balaban J connectivity index is 1.73. The van der Waals surface area contributed by atoms with Crippen molar-refractivity contribution in [2.45, 2.75) is 26.7 Å². The van der Waals surface area contributed by atoms with E-state index in [1.54, 1.807) is 7.05 Å². The van der Waals surface area contributed by atoms with Crippen LogP contribution >= 0.6 is 15.9 Å². The molecule has 0 aromatic carbocycles. The average molecular weight is 441 g/mol. The van der Waals surface area contributed by atoms with Gasteiger partial charge in [0.25, 0.3) is 0 Å². The lowest BCUT2D eigenvalue weighted by Crippen LogP contribution is -2.39. The van der Waals surface area contributed by atoms with Crippen LogP contribution in [0.15, 0.2) is 16.6 Å². The maximum atomic E-state index is 11.6. The third-order valence-corrected chi connectivity index (χ3v) is 7.65. The van der Waals surface area contributed by atoms with E-state index >= 15 is 0 Å². The molecule has 0 radical (unpaired) electrons. The van der Waals surface area contributed by atoms with Gasteiger partial charge < -0.3 is 4.90 Å². The molecule has 2 aromatic rings. The fraction of sp³-hybridized carbons (Fsp3) is 0.556. The van der Waals surface area contributed by atoms with Crippen molar-refractivity contribution in [1.29, 1.82) is 0 Å². The van der Waals surface area contributed by atoms with E-state index < -0.39 is 10.0 Å². The molecule has 0 amide bonds. The monoisotopic (exact) mass is 440 g/mol. The molecule has 0 atom stereocenters. The van der Waals surface area contributed by atoms with Crippen LogP contribution in [-0.2, 0) is 10.0 Å². The zero-order valence-corrected chi connectivity index (χ0v) is 18.1. The number of piperidine rings is 1. The van der Waals surface area contributed by atoms with E-state index in [2.05, 4.69) is 44.9 Å². The van der Waals surface area contributed by atoms with Crippen molar-refractivity contribution in [1.82, 2.24) is 14.3 Å². The summed E-state index contributed by atoms with van der Waals surface area (Å²) in [6.45, 7) is 6.41. The molecule has 26 heavy (non-hydrogen) atoms. The van der Waals surface area contributed by atoms with Crippen LogP contribution in [0.2, 0.25) is 0 Å². The maximum absolute atomic E-state index is 11.6. The summed E-state index contributed by atoms with van der Waals surface area (Å²) < 4.78 is 25.7. The van der Waals surface area contributed by atoms with Crippen molar-refractivity contribution in [3.63, 3.8) is 0 Å². The Kier molecular flexibility index (Phi) is 5.55. The van der Waals surface area contributed by atoms with Gasteiger partial charge in [0.1, 0.15) is 5.82 Å². The Morgan fingerprint density at radius 1 is 1.23 bits per heavy atom. The van der Waals surface area contributed by atoms with Gasteiger partial charge in [-0.1, -0.05) is 0 Å². The standard InChI is InChI=1S/C18H25BrN4O2S/c1-12-15-5-6-16(21-18(15)20-13(2)17(12)19)23-9-7-14(8-10-23)11-22(3)26(4,24)25/h5-6,14H,7-11H2,1-4H3. The number of pyridine rings is 2. The second-order valence-corrected chi connectivity index (χ2v) is 10.0. The van der Waals surface area contributed by atoms with Crippen molar-refractivity contribution in [2.24, 2.45) is 5.92 Å². The van der Waals surface area contributed by atoms with Gasteiger partial charge in [0.15, 0.2) is 5.65 Å². The first-order valence-electron chi connectivity index (χ1n) is 8.76. The summed E-state index contributed by atoms with van der Waals surface area (Å²) in [6, 6.07) is 4.15. The smallest absolute Gasteiger partial charge is 0.210 e. The van der Waals surface area contributed by atoms with Crippen LogP contribution in [0.25, 0.3) is 11.0 Å². The molecule has 142 valence electrons. The van der Waals surface area contributed by atoms with Gasteiger partial charge in [-0.25, -0.2) is 22.7 Å². The molecule has 6 nitrogen and oxygen atoms in total. The summed E-state index contributed by atoms with van der Waals surface area (Å²) in [5.41, 5.74) is 2.89. The second kappa shape index (κ2) is 7.40. The molecular weight excluding hydrogens is 416 g/mol. The molecular formula is C18H25BrN4O2S. The Morgan fingerprint density at radius 2 is 1.88 bits per heavy atom.